The third kappa shape index (κ3) is 1.99. The fraction of sp³-hybridized carbons (Fsp3) is 0.385. The van der Waals surface area contributed by atoms with Crippen LogP contribution >= 0.6 is 0 Å². The summed E-state index contributed by atoms with van der Waals surface area (Å²) in [6.07, 6.45) is 8.21. The molecular formula is C13H15NO. The predicted octanol–water partition coefficient (Wildman–Crippen LogP) is 2.65. The standard InChI is InChI=1S/C13H15NO/c1-2-3-6-12(15)11-8-7-10-5-4-9-14-13(10)11/h3-6,9,11H,2,7-8H2,1H3/b6-3+. The van der Waals surface area contributed by atoms with Crippen LogP contribution in [0.2, 0.25) is 0 Å². The monoisotopic (exact) mass is 201 g/mol. The number of aryl methyl sites for hydroxylation is 1. The normalized spacial score (nSPS) is 19.4. The number of aromatic nitrogens is 1. The summed E-state index contributed by atoms with van der Waals surface area (Å²) in [5, 5.41) is 0. The molecule has 1 heterocycles. The zero-order chi connectivity index (χ0) is 10.7. The number of hydrogen-bond donors (Lipinski definition) is 0. The smallest absolute Gasteiger partial charge is 0.164 e. The van der Waals surface area contributed by atoms with Crippen LogP contribution in [0.3, 0.4) is 0 Å². The molecule has 1 aromatic heterocycles. The van der Waals surface area contributed by atoms with E-state index in [0.29, 0.717) is 0 Å². The van der Waals surface area contributed by atoms with E-state index < -0.39 is 0 Å². The first-order valence-electron chi connectivity index (χ1n) is 5.47. The zero-order valence-corrected chi connectivity index (χ0v) is 8.94. The molecular weight excluding hydrogens is 186 g/mol. The van der Waals surface area contributed by atoms with Crippen molar-refractivity contribution in [3.8, 4) is 0 Å². The minimum atomic E-state index is 0.00370. The summed E-state index contributed by atoms with van der Waals surface area (Å²) in [6.45, 7) is 2.03. The molecule has 0 bridgehead atoms. The Labute approximate surface area is 90.0 Å². The molecule has 2 nitrogen and oxygen atoms in total. The van der Waals surface area contributed by atoms with Crippen molar-refractivity contribution in [3.05, 3.63) is 41.7 Å². The number of nitrogens with zero attached hydrogens (tertiary/aromatic N) is 1. The van der Waals surface area contributed by atoms with Crippen molar-refractivity contribution in [1.82, 2.24) is 4.98 Å². The molecule has 0 aromatic carbocycles. The van der Waals surface area contributed by atoms with E-state index in [4.69, 9.17) is 0 Å². The molecule has 1 aliphatic rings. The molecule has 2 heteroatoms. The van der Waals surface area contributed by atoms with Crippen LogP contribution < -0.4 is 0 Å². The Balaban J connectivity index is 2.20. The van der Waals surface area contributed by atoms with E-state index in [9.17, 15) is 4.79 Å². The molecule has 0 radical (unpaired) electrons. The average Bonchev–Trinajstić information content (AvgIpc) is 2.69. The quantitative estimate of drug-likeness (QED) is 0.704. The molecule has 2 rings (SSSR count). The lowest BCUT2D eigenvalue weighted by Gasteiger charge is -2.05. The number of carbonyl (C=O) groups is 1. The number of carbonyl (C=O) groups excluding carboxylic acids is 1. The van der Waals surface area contributed by atoms with Gasteiger partial charge < -0.3 is 0 Å². The van der Waals surface area contributed by atoms with Gasteiger partial charge in [0.1, 0.15) is 0 Å². The molecule has 0 saturated carbocycles. The fourth-order valence-electron chi connectivity index (χ4n) is 2.04. The van der Waals surface area contributed by atoms with Crippen LogP contribution in [0, 0.1) is 0 Å². The van der Waals surface area contributed by atoms with Crippen molar-refractivity contribution in [2.45, 2.75) is 32.1 Å². The average molecular weight is 201 g/mol. The second-order valence-electron chi connectivity index (χ2n) is 3.85. The van der Waals surface area contributed by atoms with E-state index in [1.54, 1.807) is 12.3 Å². The molecule has 0 aliphatic heterocycles. The molecule has 0 spiro atoms. The van der Waals surface area contributed by atoms with Crippen LogP contribution in [0.15, 0.2) is 30.5 Å². The van der Waals surface area contributed by atoms with Crippen LogP contribution in [-0.4, -0.2) is 10.8 Å². The van der Waals surface area contributed by atoms with Crippen molar-refractivity contribution in [2.75, 3.05) is 0 Å². The Morgan fingerprint density at radius 3 is 3.33 bits per heavy atom. The van der Waals surface area contributed by atoms with Gasteiger partial charge in [0.25, 0.3) is 0 Å². The van der Waals surface area contributed by atoms with Crippen LogP contribution in [0.25, 0.3) is 0 Å². The first-order valence-corrected chi connectivity index (χ1v) is 5.47. The zero-order valence-electron chi connectivity index (χ0n) is 8.94. The van der Waals surface area contributed by atoms with Crippen molar-refractivity contribution < 1.29 is 4.79 Å². The maximum atomic E-state index is 11.8. The summed E-state index contributed by atoms with van der Waals surface area (Å²) in [7, 11) is 0. The van der Waals surface area contributed by atoms with Crippen molar-refractivity contribution in [2.24, 2.45) is 0 Å². The highest BCUT2D eigenvalue weighted by Gasteiger charge is 2.27. The van der Waals surface area contributed by atoms with E-state index in [-0.39, 0.29) is 11.7 Å². The first kappa shape index (κ1) is 10.1. The van der Waals surface area contributed by atoms with E-state index in [1.165, 1.54) is 5.56 Å². The molecule has 0 fully saturated rings. The Kier molecular flexibility index (Phi) is 2.95. The second-order valence-corrected chi connectivity index (χ2v) is 3.85. The molecule has 0 saturated heterocycles. The molecule has 78 valence electrons. The number of ketones is 1. The highest BCUT2D eigenvalue weighted by molar-refractivity contribution is 5.95. The Hall–Kier alpha value is -1.44. The molecule has 1 aliphatic carbocycles. The van der Waals surface area contributed by atoms with Gasteiger partial charge in [-0.15, -0.1) is 0 Å². The molecule has 0 amide bonds. The Morgan fingerprint density at radius 2 is 2.53 bits per heavy atom. The van der Waals surface area contributed by atoms with E-state index in [0.717, 1.165) is 25.0 Å². The fourth-order valence-corrected chi connectivity index (χ4v) is 2.04. The number of pyridine rings is 1. The van der Waals surface area contributed by atoms with Crippen LogP contribution in [0.1, 0.15) is 36.9 Å². The third-order valence-electron chi connectivity index (χ3n) is 2.82. The Morgan fingerprint density at radius 1 is 1.67 bits per heavy atom. The van der Waals surface area contributed by atoms with Gasteiger partial charge in [-0.3, -0.25) is 9.78 Å². The minimum Gasteiger partial charge on any atom is -0.294 e. The number of fused-ring (bicyclic) bond motifs is 1. The SMILES string of the molecule is CC/C=C/C(=O)C1CCc2cccnc21. The van der Waals surface area contributed by atoms with Crippen molar-refractivity contribution >= 4 is 5.78 Å². The summed E-state index contributed by atoms with van der Waals surface area (Å²) < 4.78 is 0. The predicted molar refractivity (Wildman–Crippen MR) is 59.7 cm³/mol. The van der Waals surface area contributed by atoms with E-state index in [2.05, 4.69) is 11.1 Å². The number of allylic oxidation sites excluding steroid dienone is 2. The van der Waals surface area contributed by atoms with Gasteiger partial charge in [-0.1, -0.05) is 19.1 Å². The van der Waals surface area contributed by atoms with Gasteiger partial charge in [-0.25, -0.2) is 0 Å². The summed E-state index contributed by atoms with van der Waals surface area (Å²) in [4.78, 5) is 16.2. The van der Waals surface area contributed by atoms with E-state index in [1.807, 2.05) is 19.1 Å². The van der Waals surface area contributed by atoms with Gasteiger partial charge in [0.15, 0.2) is 5.78 Å². The highest BCUT2D eigenvalue weighted by atomic mass is 16.1. The maximum Gasteiger partial charge on any atom is 0.164 e. The third-order valence-corrected chi connectivity index (χ3v) is 2.82. The minimum absolute atomic E-state index is 0.00370. The van der Waals surface area contributed by atoms with Crippen LogP contribution in [0.4, 0.5) is 0 Å². The van der Waals surface area contributed by atoms with Gasteiger partial charge >= 0.3 is 0 Å². The van der Waals surface area contributed by atoms with E-state index >= 15 is 0 Å². The lowest BCUT2D eigenvalue weighted by Crippen LogP contribution is -2.07. The topological polar surface area (TPSA) is 30.0 Å². The van der Waals surface area contributed by atoms with Gasteiger partial charge in [0, 0.05) is 6.20 Å². The molecule has 0 N–H and O–H groups in total. The Bertz CT molecular complexity index is 395. The number of hydrogen-bond acceptors (Lipinski definition) is 2. The first-order chi connectivity index (χ1) is 7.33. The van der Waals surface area contributed by atoms with Gasteiger partial charge in [0.2, 0.25) is 0 Å². The lowest BCUT2D eigenvalue weighted by molar-refractivity contribution is -0.116. The largest absolute Gasteiger partial charge is 0.294 e. The van der Waals surface area contributed by atoms with Gasteiger partial charge in [0.05, 0.1) is 11.6 Å². The van der Waals surface area contributed by atoms with Gasteiger partial charge in [-0.05, 0) is 37.0 Å². The number of rotatable bonds is 3. The second kappa shape index (κ2) is 4.39. The molecule has 1 unspecified atom stereocenters. The summed E-state index contributed by atoms with van der Waals surface area (Å²) in [6, 6.07) is 4.01. The molecule has 1 atom stereocenters. The highest BCUT2D eigenvalue weighted by Crippen LogP contribution is 2.31. The van der Waals surface area contributed by atoms with Crippen LogP contribution in [-0.2, 0) is 11.2 Å². The molecule has 1 aromatic rings. The van der Waals surface area contributed by atoms with Crippen molar-refractivity contribution in [1.29, 1.82) is 0 Å². The summed E-state index contributed by atoms with van der Waals surface area (Å²) >= 11 is 0. The molecule has 15 heavy (non-hydrogen) atoms. The summed E-state index contributed by atoms with van der Waals surface area (Å²) in [5.74, 6) is 0.207. The lowest BCUT2D eigenvalue weighted by atomic mass is 10.0. The van der Waals surface area contributed by atoms with Gasteiger partial charge in [-0.2, -0.15) is 0 Å². The van der Waals surface area contributed by atoms with Crippen molar-refractivity contribution in [3.63, 3.8) is 0 Å². The summed E-state index contributed by atoms with van der Waals surface area (Å²) in [5.41, 5.74) is 2.23. The maximum absolute atomic E-state index is 11.8. The van der Waals surface area contributed by atoms with Crippen LogP contribution in [0.5, 0.6) is 0 Å².